The van der Waals surface area contributed by atoms with Crippen LogP contribution in [0.15, 0.2) is 33.7 Å². The molecular formula is C13H17Br2NO. The van der Waals surface area contributed by atoms with Crippen molar-refractivity contribution in [3.05, 3.63) is 39.3 Å². The van der Waals surface area contributed by atoms with Gasteiger partial charge in [0.05, 0.1) is 15.6 Å². The van der Waals surface area contributed by atoms with Crippen molar-refractivity contribution < 1.29 is 4.74 Å². The molecule has 0 unspecified atom stereocenters. The second kappa shape index (κ2) is 7.90. The van der Waals surface area contributed by atoms with E-state index in [0.717, 1.165) is 40.8 Å². The summed E-state index contributed by atoms with van der Waals surface area (Å²) in [7, 11) is 0. The molecule has 0 amide bonds. The van der Waals surface area contributed by atoms with Gasteiger partial charge in [-0.2, -0.15) is 0 Å². The van der Waals surface area contributed by atoms with E-state index in [1.54, 1.807) is 0 Å². The number of ether oxygens (including phenoxy) is 1. The number of rotatable bonds is 7. The van der Waals surface area contributed by atoms with Gasteiger partial charge >= 0.3 is 0 Å². The first-order valence-electron chi connectivity index (χ1n) is 5.61. The lowest BCUT2D eigenvalue weighted by atomic mass is 10.2. The van der Waals surface area contributed by atoms with Crippen LogP contribution in [0.5, 0.6) is 5.75 Å². The fourth-order valence-electron chi connectivity index (χ4n) is 1.38. The smallest absolute Gasteiger partial charge is 0.147 e. The van der Waals surface area contributed by atoms with Crippen molar-refractivity contribution in [1.29, 1.82) is 0 Å². The maximum absolute atomic E-state index is 5.67. The van der Waals surface area contributed by atoms with Crippen LogP contribution in [0.2, 0.25) is 0 Å². The molecule has 1 N–H and O–H groups in total. The molecule has 0 aromatic heterocycles. The van der Waals surface area contributed by atoms with Crippen LogP contribution in [0.3, 0.4) is 0 Å². The van der Waals surface area contributed by atoms with Crippen molar-refractivity contribution in [3.8, 4) is 5.75 Å². The number of hydrogen-bond acceptors (Lipinski definition) is 2. The van der Waals surface area contributed by atoms with Gasteiger partial charge in [-0.15, -0.1) is 6.58 Å². The topological polar surface area (TPSA) is 21.3 Å². The molecule has 0 radical (unpaired) electrons. The van der Waals surface area contributed by atoms with E-state index in [-0.39, 0.29) is 0 Å². The summed E-state index contributed by atoms with van der Waals surface area (Å²) in [5.41, 5.74) is 1.20. The molecule has 0 aliphatic rings. The molecule has 94 valence electrons. The highest BCUT2D eigenvalue weighted by atomic mass is 79.9. The van der Waals surface area contributed by atoms with Crippen molar-refractivity contribution in [2.75, 3.05) is 13.2 Å². The van der Waals surface area contributed by atoms with E-state index in [1.165, 1.54) is 5.56 Å². The summed E-state index contributed by atoms with van der Waals surface area (Å²) in [5, 5.41) is 3.27. The first kappa shape index (κ1) is 14.7. The van der Waals surface area contributed by atoms with Gasteiger partial charge in [0.25, 0.3) is 0 Å². The molecular weight excluding hydrogens is 346 g/mol. The minimum Gasteiger partial charge on any atom is -0.491 e. The Morgan fingerprint density at radius 3 is 2.53 bits per heavy atom. The molecule has 0 aliphatic carbocycles. The summed E-state index contributed by atoms with van der Waals surface area (Å²) in [6.45, 7) is 8.12. The summed E-state index contributed by atoms with van der Waals surface area (Å²) in [6.07, 6.45) is 2.85. The second-order valence-corrected chi connectivity index (χ2v) is 5.37. The zero-order chi connectivity index (χ0) is 12.7. The van der Waals surface area contributed by atoms with E-state index in [4.69, 9.17) is 4.74 Å². The highest BCUT2D eigenvalue weighted by molar-refractivity contribution is 9.11. The molecule has 0 spiro atoms. The van der Waals surface area contributed by atoms with Gasteiger partial charge in [0.2, 0.25) is 0 Å². The van der Waals surface area contributed by atoms with Gasteiger partial charge in [-0.3, -0.25) is 0 Å². The second-order valence-electron chi connectivity index (χ2n) is 3.66. The van der Waals surface area contributed by atoms with Crippen LogP contribution in [0, 0.1) is 0 Å². The van der Waals surface area contributed by atoms with Crippen LogP contribution < -0.4 is 10.1 Å². The molecule has 17 heavy (non-hydrogen) atoms. The minimum absolute atomic E-state index is 0.727. The standard InChI is InChI=1S/C13H17Br2NO/c1-3-5-16-9-10-7-11(14)13(12(15)8-10)17-6-4-2/h3,7-8,16H,1,4-6,9H2,2H3. The van der Waals surface area contributed by atoms with E-state index in [1.807, 2.05) is 6.08 Å². The maximum atomic E-state index is 5.67. The molecule has 0 saturated carbocycles. The first-order chi connectivity index (χ1) is 8.19. The Bertz CT molecular complexity index is 357. The first-order valence-corrected chi connectivity index (χ1v) is 7.20. The van der Waals surface area contributed by atoms with Gasteiger partial charge < -0.3 is 10.1 Å². The Kier molecular flexibility index (Phi) is 6.85. The number of halogens is 2. The lowest BCUT2D eigenvalue weighted by Crippen LogP contribution is -2.12. The highest BCUT2D eigenvalue weighted by Crippen LogP contribution is 2.34. The summed E-state index contributed by atoms with van der Waals surface area (Å²) in [6, 6.07) is 4.15. The average molecular weight is 363 g/mol. The molecule has 0 aliphatic heterocycles. The number of benzene rings is 1. The van der Waals surface area contributed by atoms with Crippen LogP contribution in [0.25, 0.3) is 0 Å². The van der Waals surface area contributed by atoms with E-state index < -0.39 is 0 Å². The highest BCUT2D eigenvalue weighted by Gasteiger charge is 2.08. The summed E-state index contributed by atoms with van der Waals surface area (Å²) in [5.74, 6) is 0.874. The Balaban J connectivity index is 2.74. The zero-order valence-corrected chi connectivity index (χ0v) is 13.1. The van der Waals surface area contributed by atoms with Crippen LogP contribution >= 0.6 is 31.9 Å². The van der Waals surface area contributed by atoms with Crippen molar-refractivity contribution in [3.63, 3.8) is 0 Å². The Morgan fingerprint density at radius 1 is 1.35 bits per heavy atom. The third-order valence-corrected chi connectivity index (χ3v) is 3.30. The summed E-state index contributed by atoms with van der Waals surface area (Å²) < 4.78 is 7.63. The van der Waals surface area contributed by atoms with Gasteiger partial charge in [-0.1, -0.05) is 13.0 Å². The van der Waals surface area contributed by atoms with Gasteiger partial charge in [-0.05, 0) is 56.0 Å². The zero-order valence-electron chi connectivity index (χ0n) is 9.93. The van der Waals surface area contributed by atoms with E-state index in [0.29, 0.717) is 0 Å². The minimum atomic E-state index is 0.727. The Hall–Kier alpha value is -0.320. The normalized spacial score (nSPS) is 10.3. The van der Waals surface area contributed by atoms with Crippen LogP contribution in [-0.4, -0.2) is 13.2 Å². The Morgan fingerprint density at radius 2 is 2.00 bits per heavy atom. The molecule has 1 aromatic carbocycles. The van der Waals surface area contributed by atoms with E-state index >= 15 is 0 Å². The lowest BCUT2D eigenvalue weighted by Gasteiger charge is -2.11. The van der Waals surface area contributed by atoms with Crippen LogP contribution in [-0.2, 0) is 6.54 Å². The lowest BCUT2D eigenvalue weighted by molar-refractivity contribution is 0.313. The predicted octanol–water partition coefficient (Wildman–Crippen LogP) is 4.28. The van der Waals surface area contributed by atoms with E-state index in [2.05, 4.69) is 62.8 Å². The predicted molar refractivity (Wildman–Crippen MR) is 79.5 cm³/mol. The molecule has 0 saturated heterocycles. The summed E-state index contributed by atoms with van der Waals surface area (Å²) >= 11 is 7.07. The largest absolute Gasteiger partial charge is 0.491 e. The fourth-order valence-corrected chi connectivity index (χ4v) is 2.89. The third-order valence-electron chi connectivity index (χ3n) is 2.13. The third kappa shape index (κ3) is 4.82. The monoisotopic (exact) mass is 361 g/mol. The molecule has 2 nitrogen and oxygen atoms in total. The quantitative estimate of drug-likeness (QED) is 0.577. The molecule has 0 fully saturated rings. The Labute approximate surface area is 120 Å². The molecule has 4 heteroatoms. The SMILES string of the molecule is C=CCNCc1cc(Br)c(OCCC)c(Br)c1. The number of hydrogen-bond donors (Lipinski definition) is 1. The van der Waals surface area contributed by atoms with Gasteiger partial charge in [0, 0.05) is 13.1 Å². The van der Waals surface area contributed by atoms with Crippen LogP contribution in [0.1, 0.15) is 18.9 Å². The molecule has 0 atom stereocenters. The average Bonchev–Trinajstić information content (AvgIpc) is 2.28. The van der Waals surface area contributed by atoms with Crippen molar-refractivity contribution >= 4 is 31.9 Å². The van der Waals surface area contributed by atoms with Gasteiger partial charge in [-0.25, -0.2) is 0 Å². The fraction of sp³-hybridized carbons (Fsp3) is 0.385. The van der Waals surface area contributed by atoms with Crippen molar-refractivity contribution in [2.24, 2.45) is 0 Å². The number of nitrogens with one attached hydrogen (secondary N) is 1. The molecule has 0 bridgehead atoms. The van der Waals surface area contributed by atoms with Gasteiger partial charge in [0.1, 0.15) is 5.75 Å². The van der Waals surface area contributed by atoms with Crippen molar-refractivity contribution in [1.82, 2.24) is 5.32 Å². The van der Waals surface area contributed by atoms with Crippen LogP contribution in [0.4, 0.5) is 0 Å². The molecule has 1 aromatic rings. The van der Waals surface area contributed by atoms with E-state index in [9.17, 15) is 0 Å². The molecule has 0 heterocycles. The maximum Gasteiger partial charge on any atom is 0.147 e. The van der Waals surface area contributed by atoms with Crippen molar-refractivity contribution in [2.45, 2.75) is 19.9 Å². The van der Waals surface area contributed by atoms with Gasteiger partial charge in [0.15, 0.2) is 0 Å². The summed E-state index contributed by atoms with van der Waals surface area (Å²) in [4.78, 5) is 0. The molecule has 1 rings (SSSR count).